The number of halogens is 1. The fourth-order valence-electron chi connectivity index (χ4n) is 1.77. The summed E-state index contributed by atoms with van der Waals surface area (Å²) < 4.78 is 17.4. The van der Waals surface area contributed by atoms with E-state index in [4.69, 9.17) is 0 Å². The first kappa shape index (κ1) is 16.1. The molecule has 0 N–H and O–H groups in total. The zero-order valence-electron chi connectivity index (χ0n) is 11.9. The maximum absolute atomic E-state index is 12.9. The number of rotatable bonds is 7. The van der Waals surface area contributed by atoms with Crippen molar-refractivity contribution in [3.05, 3.63) is 35.6 Å². The predicted molar refractivity (Wildman–Crippen MR) is 73.8 cm³/mol. The lowest BCUT2D eigenvalue weighted by molar-refractivity contribution is -0.140. The van der Waals surface area contributed by atoms with Crippen LogP contribution in [0.25, 0.3) is 0 Å². The van der Waals surface area contributed by atoms with Crippen LogP contribution in [0.15, 0.2) is 24.3 Å². The van der Waals surface area contributed by atoms with Crippen LogP contribution in [0.5, 0.6) is 0 Å². The molecule has 110 valence electrons. The van der Waals surface area contributed by atoms with Crippen molar-refractivity contribution in [3.8, 4) is 0 Å². The van der Waals surface area contributed by atoms with Crippen molar-refractivity contribution < 1.29 is 18.7 Å². The van der Waals surface area contributed by atoms with Gasteiger partial charge in [-0.2, -0.15) is 0 Å². The molecule has 1 aromatic carbocycles. The lowest BCUT2D eigenvalue weighted by atomic mass is 10.1. The highest BCUT2D eigenvalue weighted by Crippen LogP contribution is 2.09. The third kappa shape index (κ3) is 4.99. The summed E-state index contributed by atoms with van der Waals surface area (Å²) in [4.78, 5) is 25.1. The zero-order chi connectivity index (χ0) is 15.0. The Kier molecular flexibility index (Phi) is 6.70. The molecule has 0 heterocycles. The van der Waals surface area contributed by atoms with E-state index in [2.05, 4.69) is 4.74 Å². The molecular formula is C15H20FNO3. The SMILES string of the molecule is CCCCN(CCC(=O)OC)C(=O)c1ccc(F)cc1. The second-order valence-electron chi connectivity index (χ2n) is 4.48. The Hall–Kier alpha value is -1.91. The first-order chi connectivity index (χ1) is 9.58. The molecule has 5 heteroatoms. The number of carbonyl (C=O) groups excluding carboxylic acids is 2. The number of carbonyl (C=O) groups is 2. The van der Waals surface area contributed by atoms with E-state index in [-0.39, 0.29) is 24.1 Å². The largest absolute Gasteiger partial charge is 0.469 e. The number of amides is 1. The lowest BCUT2D eigenvalue weighted by Gasteiger charge is -2.22. The van der Waals surface area contributed by atoms with Crippen LogP contribution in [-0.2, 0) is 9.53 Å². The Morgan fingerprint density at radius 3 is 2.40 bits per heavy atom. The Morgan fingerprint density at radius 1 is 1.20 bits per heavy atom. The number of hydrogen-bond donors (Lipinski definition) is 0. The molecule has 0 aliphatic carbocycles. The minimum atomic E-state index is -0.379. The fourth-order valence-corrected chi connectivity index (χ4v) is 1.77. The zero-order valence-corrected chi connectivity index (χ0v) is 11.9. The van der Waals surface area contributed by atoms with E-state index in [1.54, 1.807) is 4.90 Å². The second-order valence-corrected chi connectivity index (χ2v) is 4.48. The average molecular weight is 281 g/mol. The molecule has 1 amide bonds. The van der Waals surface area contributed by atoms with Crippen LogP contribution in [0.1, 0.15) is 36.5 Å². The third-order valence-corrected chi connectivity index (χ3v) is 2.97. The van der Waals surface area contributed by atoms with E-state index >= 15 is 0 Å². The van der Waals surface area contributed by atoms with E-state index < -0.39 is 0 Å². The van der Waals surface area contributed by atoms with E-state index in [9.17, 15) is 14.0 Å². The van der Waals surface area contributed by atoms with Crippen molar-refractivity contribution >= 4 is 11.9 Å². The minimum Gasteiger partial charge on any atom is -0.469 e. The first-order valence-electron chi connectivity index (χ1n) is 6.70. The summed E-state index contributed by atoms with van der Waals surface area (Å²) in [6.07, 6.45) is 1.96. The summed E-state index contributed by atoms with van der Waals surface area (Å²) in [6, 6.07) is 5.42. The summed E-state index contributed by atoms with van der Waals surface area (Å²) in [6.45, 7) is 2.91. The van der Waals surface area contributed by atoms with Gasteiger partial charge in [0, 0.05) is 18.7 Å². The van der Waals surface area contributed by atoms with Gasteiger partial charge in [0.25, 0.3) is 5.91 Å². The molecule has 0 saturated carbocycles. The predicted octanol–water partition coefficient (Wildman–Crippen LogP) is 2.63. The number of nitrogens with zero attached hydrogens (tertiary/aromatic N) is 1. The smallest absolute Gasteiger partial charge is 0.307 e. The topological polar surface area (TPSA) is 46.6 Å². The molecule has 20 heavy (non-hydrogen) atoms. The second kappa shape index (κ2) is 8.30. The van der Waals surface area contributed by atoms with Crippen molar-refractivity contribution in [3.63, 3.8) is 0 Å². The Bertz CT molecular complexity index is 445. The van der Waals surface area contributed by atoms with Crippen LogP contribution in [0.3, 0.4) is 0 Å². The van der Waals surface area contributed by atoms with Gasteiger partial charge in [0.1, 0.15) is 5.82 Å². The van der Waals surface area contributed by atoms with Crippen LogP contribution >= 0.6 is 0 Å². The fraction of sp³-hybridized carbons (Fsp3) is 0.467. The summed E-state index contributed by atoms with van der Waals surface area (Å²) in [5, 5.41) is 0. The highest BCUT2D eigenvalue weighted by molar-refractivity contribution is 5.94. The highest BCUT2D eigenvalue weighted by atomic mass is 19.1. The summed E-state index contributed by atoms with van der Waals surface area (Å²) >= 11 is 0. The third-order valence-electron chi connectivity index (χ3n) is 2.97. The van der Waals surface area contributed by atoms with Crippen LogP contribution in [0, 0.1) is 5.82 Å². The molecule has 0 aliphatic heterocycles. The van der Waals surface area contributed by atoms with E-state index in [0.717, 1.165) is 12.8 Å². The van der Waals surface area contributed by atoms with Gasteiger partial charge < -0.3 is 9.64 Å². The molecule has 0 saturated heterocycles. The standard InChI is InChI=1S/C15H20FNO3/c1-3-4-10-17(11-9-14(18)20-2)15(19)12-5-7-13(16)8-6-12/h5-8H,3-4,9-11H2,1-2H3. The van der Waals surface area contributed by atoms with Crippen molar-refractivity contribution in [1.29, 1.82) is 0 Å². The van der Waals surface area contributed by atoms with Gasteiger partial charge in [-0.25, -0.2) is 4.39 Å². The van der Waals surface area contributed by atoms with Crippen LogP contribution < -0.4 is 0 Å². The summed E-state index contributed by atoms with van der Waals surface area (Å²) in [5.74, 6) is -0.919. The van der Waals surface area contributed by atoms with Crippen molar-refractivity contribution in [2.75, 3.05) is 20.2 Å². The molecule has 1 rings (SSSR count). The van der Waals surface area contributed by atoms with E-state index in [1.165, 1.54) is 31.4 Å². The molecule has 0 bridgehead atoms. The van der Waals surface area contributed by atoms with Crippen molar-refractivity contribution in [1.82, 2.24) is 4.90 Å². The molecular weight excluding hydrogens is 261 g/mol. The summed E-state index contributed by atoms with van der Waals surface area (Å²) in [5.41, 5.74) is 0.423. The minimum absolute atomic E-state index is 0.160. The molecule has 0 aromatic heterocycles. The molecule has 0 atom stereocenters. The molecule has 1 aromatic rings. The number of ether oxygens (including phenoxy) is 1. The van der Waals surface area contributed by atoms with Gasteiger partial charge in [-0.3, -0.25) is 9.59 Å². The Morgan fingerprint density at radius 2 is 1.85 bits per heavy atom. The van der Waals surface area contributed by atoms with Crippen LogP contribution in [-0.4, -0.2) is 37.0 Å². The average Bonchev–Trinajstić information content (AvgIpc) is 2.47. The van der Waals surface area contributed by atoms with Gasteiger partial charge in [-0.1, -0.05) is 13.3 Å². The molecule has 0 aliphatic rings. The van der Waals surface area contributed by atoms with Gasteiger partial charge in [0.15, 0.2) is 0 Å². The van der Waals surface area contributed by atoms with Crippen LogP contribution in [0.2, 0.25) is 0 Å². The van der Waals surface area contributed by atoms with Gasteiger partial charge in [0.05, 0.1) is 13.5 Å². The van der Waals surface area contributed by atoms with Gasteiger partial charge in [0.2, 0.25) is 0 Å². The van der Waals surface area contributed by atoms with Gasteiger partial charge in [-0.15, -0.1) is 0 Å². The van der Waals surface area contributed by atoms with Crippen LogP contribution in [0.4, 0.5) is 4.39 Å². The number of hydrogen-bond acceptors (Lipinski definition) is 3. The number of unbranched alkanes of at least 4 members (excludes halogenated alkanes) is 1. The number of methoxy groups -OCH3 is 1. The van der Waals surface area contributed by atoms with E-state index in [0.29, 0.717) is 18.7 Å². The Balaban J connectivity index is 2.72. The normalized spacial score (nSPS) is 10.2. The molecule has 0 fully saturated rings. The van der Waals surface area contributed by atoms with E-state index in [1.807, 2.05) is 6.92 Å². The maximum Gasteiger partial charge on any atom is 0.307 e. The molecule has 0 unspecified atom stereocenters. The van der Waals surface area contributed by atoms with Gasteiger partial charge in [-0.05, 0) is 30.7 Å². The van der Waals surface area contributed by atoms with Crippen molar-refractivity contribution in [2.45, 2.75) is 26.2 Å². The molecule has 0 spiro atoms. The maximum atomic E-state index is 12.9. The van der Waals surface area contributed by atoms with Gasteiger partial charge >= 0.3 is 5.97 Å². The molecule has 4 nitrogen and oxygen atoms in total. The van der Waals surface area contributed by atoms with Crippen molar-refractivity contribution in [2.24, 2.45) is 0 Å². The summed E-state index contributed by atoms with van der Waals surface area (Å²) in [7, 11) is 1.32. The number of benzene rings is 1. The lowest BCUT2D eigenvalue weighted by Crippen LogP contribution is -2.34. The first-order valence-corrected chi connectivity index (χ1v) is 6.70. The number of esters is 1. The highest BCUT2D eigenvalue weighted by Gasteiger charge is 2.16. The monoisotopic (exact) mass is 281 g/mol. The molecule has 0 radical (unpaired) electrons. The quantitative estimate of drug-likeness (QED) is 0.722. The Labute approximate surface area is 118 Å².